The Morgan fingerprint density at radius 3 is 2.53 bits per heavy atom. The normalized spacial score (nSPS) is 11.3. The first-order valence-electron chi connectivity index (χ1n) is 5.15. The van der Waals surface area contributed by atoms with E-state index in [4.69, 9.17) is 5.11 Å². The third-order valence-electron chi connectivity index (χ3n) is 2.30. The lowest BCUT2D eigenvalue weighted by Crippen LogP contribution is -2.13. The molecule has 2 N–H and O–H groups in total. The summed E-state index contributed by atoms with van der Waals surface area (Å²) in [4.78, 5) is 0.00866. The minimum absolute atomic E-state index is 0.00866. The fourth-order valence-electron chi connectivity index (χ4n) is 1.42. The molecule has 0 bridgehead atoms. The Hall–Kier alpha value is -1.60. The smallest absolute Gasteiger partial charge is 0.262 e. The first-order chi connectivity index (χ1) is 8.88. The maximum Gasteiger partial charge on any atom is 0.262 e. The van der Waals surface area contributed by atoms with Crippen LogP contribution in [0.3, 0.4) is 0 Å². The summed E-state index contributed by atoms with van der Waals surface area (Å²) in [6.45, 7) is 0. The monoisotopic (exact) mass is 345 g/mol. The molecule has 0 radical (unpaired) electrons. The number of phenols is 1. The maximum atomic E-state index is 13.5. The lowest BCUT2D eigenvalue weighted by Gasteiger charge is -2.09. The van der Waals surface area contributed by atoms with Crippen molar-refractivity contribution in [3.05, 3.63) is 52.8 Å². The van der Waals surface area contributed by atoms with Crippen LogP contribution in [0.15, 0.2) is 51.8 Å². The minimum Gasteiger partial charge on any atom is -0.508 e. The van der Waals surface area contributed by atoms with Gasteiger partial charge in [0.15, 0.2) is 5.82 Å². The van der Waals surface area contributed by atoms with Gasteiger partial charge in [0, 0.05) is 10.5 Å². The second-order valence-corrected chi connectivity index (χ2v) is 6.33. The largest absolute Gasteiger partial charge is 0.508 e. The molecule has 2 aromatic carbocycles. The molecule has 0 amide bonds. The van der Waals surface area contributed by atoms with Crippen LogP contribution in [0.5, 0.6) is 5.75 Å². The quantitative estimate of drug-likeness (QED) is 0.840. The molecule has 0 fully saturated rings. The third kappa shape index (κ3) is 3.24. The van der Waals surface area contributed by atoms with Gasteiger partial charge in [0.25, 0.3) is 10.0 Å². The van der Waals surface area contributed by atoms with Crippen molar-refractivity contribution in [2.24, 2.45) is 0 Å². The third-order valence-corrected chi connectivity index (χ3v) is 4.16. The Balaban J connectivity index is 2.36. The molecule has 0 aliphatic carbocycles. The molecule has 100 valence electrons. The van der Waals surface area contributed by atoms with Gasteiger partial charge < -0.3 is 5.11 Å². The summed E-state index contributed by atoms with van der Waals surface area (Å²) in [6.07, 6.45) is 0. The van der Waals surface area contributed by atoms with Gasteiger partial charge in [-0.2, -0.15) is 0 Å². The molecular weight excluding hydrogens is 337 g/mol. The lowest BCUT2D eigenvalue weighted by atomic mass is 10.3. The molecule has 0 aromatic heterocycles. The van der Waals surface area contributed by atoms with E-state index in [-0.39, 0.29) is 16.3 Å². The lowest BCUT2D eigenvalue weighted by molar-refractivity contribution is 0.469. The number of sulfonamides is 1. The summed E-state index contributed by atoms with van der Waals surface area (Å²) in [5.41, 5.74) is -0.224. The fraction of sp³-hybridized carbons (Fsp3) is 0. The van der Waals surface area contributed by atoms with E-state index >= 15 is 0 Å². The van der Waals surface area contributed by atoms with Crippen LogP contribution in [0.2, 0.25) is 0 Å². The number of phenolic OH excluding ortho intramolecular Hbond substituents is 1. The van der Waals surface area contributed by atoms with Crippen LogP contribution in [0.1, 0.15) is 0 Å². The Labute approximate surface area is 118 Å². The molecule has 0 aliphatic rings. The second kappa shape index (κ2) is 5.18. The van der Waals surface area contributed by atoms with Crippen LogP contribution >= 0.6 is 15.9 Å². The van der Waals surface area contributed by atoms with E-state index < -0.39 is 15.8 Å². The number of benzene rings is 2. The van der Waals surface area contributed by atoms with Crippen molar-refractivity contribution in [3.8, 4) is 5.75 Å². The molecule has 0 atom stereocenters. The van der Waals surface area contributed by atoms with Crippen LogP contribution in [0.25, 0.3) is 0 Å². The zero-order valence-electron chi connectivity index (χ0n) is 9.47. The average molecular weight is 346 g/mol. The highest BCUT2D eigenvalue weighted by atomic mass is 79.9. The van der Waals surface area contributed by atoms with E-state index in [2.05, 4.69) is 20.7 Å². The van der Waals surface area contributed by atoms with Gasteiger partial charge in [0.2, 0.25) is 0 Å². The number of aromatic hydroxyl groups is 1. The average Bonchev–Trinajstić information content (AvgIpc) is 2.33. The number of rotatable bonds is 3. The predicted molar refractivity (Wildman–Crippen MR) is 73.0 cm³/mol. The van der Waals surface area contributed by atoms with Gasteiger partial charge in [-0.05, 0) is 30.3 Å². The number of hydrogen-bond donors (Lipinski definition) is 2. The van der Waals surface area contributed by atoms with Crippen LogP contribution < -0.4 is 4.72 Å². The van der Waals surface area contributed by atoms with Crippen LogP contribution in [0, 0.1) is 5.82 Å². The molecule has 19 heavy (non-hydrogen) atoms. The number of hydrogen-bond acceptors (Lipinski definition) is 3. The van der Waals surface area contributed by atoms with Crippen molar-refractivity contribution in [1.29, 1.82) is 0 Å². The summed E-state index contributed by atoms with van der Waals surface area (Å²) < 4.78 is 40.3. The minimum atomic E-state index is -3.87. The van der Waals surface area contributed by atoms with Crippen LogP contribution in [-0.2, 0) is 10.0 Å². The van der Waals surface area contributed by atoms with Crippen LogP contribution in [0.4, 0.5) is 10.1 Å². The van der Waals surface area contributed by atoms with E-state index in [9.17, 15) is 12.8 Å². The standard InChI is InChI=1S/C12H9BrFNO3S/c13-8-2-1-3-10(6-8)19(17,18)15-12-5-4-9(16)7-11(12)14/h1-7,15-16H. The molecule has 0 aliphatic heterocycles. The van der Waals surface area contributed by atoms with Crippen molar-refractivity contribution in [1.82, 2.24) is 0 Å². The zero-order valence-corrected chi connectivity index (χ0v) is 11.9. The van der Waals surface area contributed by atoms with Gasteiger partial charge in [0.1, 0.15) is 5.75 Å². The Morgan fingerprint density at radius 2 is 1.89 bits per heavy atom. The molecule has 2 aromatic rings. The molecule has 0 heterocycles. The van der Waals surface area contributed by atoms with Gasteiger partial charge in [-0.15, -0.1) is 0 Å². The van der Waals surface area contributed by atoms with E-state index in [1.54, 1.807) is 12.1 Å². The van der Waals surface area contributed by atoms with Gasteiger partial charge in [-0.3, -0.25) is 4.72 Å². The topological polar surface area (TPSA) is 66.4 Å². The molecule has 0 unspecified atom stereocenters. The summed E-state index contributed by atoms with van der Waals surface area (Å²) >= 11 is 3.16. The molecule has 0 spiro atoms. The number of halogens is 2. The van der Waals surface area contributed by atoms with Gasteiger partial charge >= 0.3 is 0 Å². The van der Waals surface area contributed by atoms with E-state index in [1.165, 1.54) is 18.2 Å². The van der Waals surface area contributed by atoms with Crippen molar-refractivity contribution in [3.63, 3.8) is 0 Å². The van der Waals surface area contributed by atoms with Crippen molar-refractivity contribution >= 4 is 31.6 Å². The van der Waals surface area contributed by atoms with Gasteiger partial charge in [0.05, 0.1) is 10.6 Å². The second-order valence-electron chi connectivity index (χ2n) is 3.73. The number of anilines is 1. The molecular formula is C12H9BrFNO3S. The summed E-state index contributed by atoms with van der Waals surface area (Å²) in [6, 6.07) is 9.22. The fourth-order valence-corrected chi connectivity index (χ4v) is 3.09. The first-order valence-corrected chi connectivity index (χ1v) is 7.43. The predicted octanol–water partition coefficient (Wildman–Crippen LogP) is 3.09. The number of nitrogens with one attached hydrogen (secondary N) is 1. The van der Waals surface area contributed by atoms with Crippen molar-refractivity contribution < 1.29 is 17.9 Å². The molecule has 4 nitrogen and oxygen atoms in total. The SMILES string of the molecule is O=S(=O)(Nc1ccc(O)cc1F)c1cccc(Br)c1. The molecule has 0 saturated heterocycles. The summed E-state index contributed by atoms with van der Waals surface area (Å²) in [5.74, 6) is -1.12. The maximum absolute atomic E-state index is 13.5. The highest BCUT2D eigenvalue weighted by molar-refractivity contribution is 9.10. The molecule has 2 rings (SSSR count). The Bertz CT molecular complexity index is 719. The molecule has 7 heteroatoms. The van der Waals surface area contributed by atoms with E-state index in [0.717, 1.165) is 12.1 Å². The first kappa shape index (κ1) is 13.8. The highest BCUT2D eigenvalue weighted by Crippen LogP contribution is 2.23. The highest BCUT2D eigenvalue weighted by Gasteiger charge is 2.16. The summed E-state index contributed by atoms with van der Waals surface area (Å²) in [7, 11) is -3.87. The van der Waals surface area contributed by atoms with Crippen molar-refractivity contribution in [2.45, 2.75) is 4.90 Å². The van der Waals surface area contributed by atoms with Crippen molar-refractivity contribution in [2.75, 3.05) is 4.72 Å². The van der Waals surface area contributed by atoms with E-state index in [1.807, 2.05) is 0 Å². The zero-order chi connectivity index (χ0) is 14.0. The van der Waals surface area contributed by atoms with Gasteiger partial charge in [-0.25, -0.2) is 12.8 Å². The summed E-state index contributed by atoms with van der Waals surface area (Å²) in [5, 5.41) is 9.07. The van der Waals surface area contributed by atoms with Crippen LogP contribution in [-0.4, -0.2) is 13.5 Å². The Kier molecular flexibility index (Phi) is 3.77. The molecule has 0 saturated carbocycles. The van der Waals surface area contributed by atoms with Gasteiger partial charge in [-0.1, -0.05) is 22.0 Å². The Morgan fingerprint density at radius 1 is 1.16 bits per heavy atom. The van der Waals surface area contributed by atoms with E-state index in [0.29, 0.717) is 4.47 Å².